The molecule has 1 aliphatic rings. The molecule has 0 unspecified atom stereocenters. The number of hydrogen-bond donors (Lipinski definition) is 0. The molecule has 2 nitrogen and oxygen atoms in total. The highest BCUT2D eigenvalue weighted by Crippen LogP contribution is 2.39. The molecular formula is C3B5IO2. The summed E-state index contributed by atoms with van der Waals surface area (Å²) in [4.78, 5) is 0. The van der Waals surface area contributed by atoms with E-state index < -0.39 is 14.5 Å². The van der Waals surface area contributed by atoms with E-state index in [1.807, 2.05) is 0 Å². The highest BCUT2D eigenvalue weighted by atomic mass is 127. The third-order valence-electron chi connectivity index (χ3n) is 1.23. The third kappa shape index (κ3) is 1.83. The molecule has 0 aliphatic carbocycles. The van der Waals surface area contributed by atoms with Crippen molar-refractivity contribution in [2.75, 3.05) is 0 Å². The van der Waals surface area contributed by atoms with Crippen molar-refractivity contribution in [3.05, 3.63) is 0 Å². The molecule has 0 spiro atoms. The van der Waals surface area contributed by atoms with Crippen molar-refractivity contribution in [2.24, 2.45) is 0 Å². The summed E-state index contributed by atoms with van der Waals surface area (Å²) in [6.07, 6.45) is 0. The number of rotatable bonds is 0. The molecule has 8 heteroatoms. The number of hydrogen-bond acceptors (Lipinski definition) is 2. The Balaban J connectivity index is 2.89. The van der Waals surface area contributed by atoms with E-state index in [-0.39, 0.29) is 0 Å². The lowest BCUT2D eigenvalue weighted by Crippen LogP contribution is -2.54. The molecule has 0 saturated carbocycles. The fourth-order valence-corrected chi connectivity index (χ4v) is 1.37. The van der Waals surface area contributed by atoms with Gasteiger partial charge in [-0.1, -0.05) is 0 Å². The first-order valence-corrected chi connectivity index (χ1v) is 3.78. The molecular weight excluding hydrogens is 249 g/mol. The quantitative estimate of drug-likeness (QED) is 0.287. The zero-order chi connectivity index (χ0) is 8.91. The van der Waals surface area contributed by atoms with E-state index in [0.717, 1.165) is 0 Å². The summed E-state index contributed by atoms with van der Waals surface area (Å²) in [5.74, 6) is 0. The average molecular weight is 249 g/mol. The molecule has 0 N–H and O–H groups in total. The molecule has 1 heterocycles. The van der Waals surface area contributed by atoms with Crippen molar-refractivity contribution in [1.82, 2.24) is 0 Å². The zero-order valence-corrected chi connectivity index (χ0v) is 7.74. The first-order valence-electron chi connectivity index (χ1n) is 2.70. The fraction of sp³-hybridized carbons (Fsp3) is 1.00. The van der Waals surface area contributed by atoms with E-state index >= 15 is 0 Å². The van der Waals surface area contributed by atoms with Gasteiger partial charge >= 0.3 is 0 Å². The highest BCUT2D eigenvalue weighted by Gasteiger charge is 2.50. The molecule has 46 valence electrons. The van der Waals surface area contributed by atoms with Crippen LogP contribution in [0.15, 0.2) is 0 Å². The lowest BCUT2D eigenvalue weighted by atomic mass is 9.42. The van der Waals surface area contributed by atoms with Gasteiger partial charge in [0.1, 0.15) is 31.4 Å². The van der Waals surface area contributed by atoms with E-state index in [9.17, 15) is 0 Å². The molecule has 11 heavy (non-hydrogen) atoms. The van der Waals surface area contributed by atoms with Crippen LogP contribution in [0, 0.1) is 0 Å². The Morgan fingerprint density at radius 2 is 1.09 bits per heavy atom. The van der Waals surface area contributed by atoms with Gasteiger partial charge in [0.25, 0.3) is 0 Å². The minimum Gasteiger partial charge on any atom is -0.362 e. The molecule has 0 aromatic carbocycles. The topological polar surface area (TPSA) is 18.5 Å². The van der Waals surface area contributed by atoms with Crippen LogP contribution in [0.3, 0.4) is 0 Å². The second kappa shape index (κ2) is 2.48. The van der Waals surface area contributed by atoms with Crippen LogP contribution in [0.1, 0.15) is 0 Å². The van der Waals surface area contributed by atoms with Crippen molar-refractivity contribution in [1.29, 1.82) is 0 Å². The average Bonchev–Trinajstić information content (AvgIpc) is 1.66. The number of alkyl halides is 1. The van der Waals surface area contributed by atoms with Gasteiger partial charge in [-0.2, -0.15) is 0 Å². The summed E-state index contributed by atoms with van der Waals surface area (Å²) in [6.45, 7) is 0. The Hall–Kier alpha value is 0.975. The minimum absolute atomic E-state index is 1.47. The summed E-state index contributed by atoms with van der Waals surface area (Å²) in [5, 5.41) is -3.55. The van der Waals surface area contributed by atoms with Crippen LogP contribution >= 0.6 is 22.6 Å². The van der Waals surface area contributed by atoms with Gasteiger partial charge in [0.15, 0.2) is 11.5 Å². The summed E-state index contributed by atoms with van der Waals surface area (Å²) in [5.41, 5.74) is 0. The van der Waals surface area contributed by atoms with Crippen LogP contribution in [-0.2, 0) is 9.47 Å². The van der Waals surface area contributed by atoms with E-state index in [1.165, 1.54) is 0 Å². The maximum atomic E-state index is 5.35. The first kappa shape index (κ1) is 10.1. The molecule has 0 aromatic heterocycles. The van der Waals surface area contributed by atoms with Crippen molar-refractivity contribution in [3.8, 4) is 0 Å². The smallest absolute Gasteiger partial charge is 0.170 e. The molecule has 0 atom stereocenters. The Bertz CT molecular complexity index is 163. The van der Waals surface area contributed by atoms with Gasteiger partial charge in [-0.15, -0.1) is 0 Å². The molecule has 1 aliphatic heterocycles. The van der Waals surface area contributed by atoms with Crippen LogP contribution in [0.25, 0.3) is 0 Å². The molecule has 1 saturated heterocycles. The third-order valence-corrected chi connectivity index (χ3v) is 1.67. The largest absolute Gasteiger partial charge is 0.362 e. The lowest BCUT2D eigenvalue weighted by Gasteiger charge is -2.33. The predicted octanol–water partition coefficient (Wildman–Crippen LogP) is -1.77. The van der Waals surface area contributed by atoms with Crippen LogP contribution in [-0.4, -0.2) is 53.7 Å². The Labute approximate surface area is 85.7 Å². The maximum absolute atomic E-state index is 5.35. The van der Waals surface area contributed by atoms with E-state index in [1.54, 1.807) is 22.6 Å². The summed E-state index contributed by atoms with van der Waals surface area (Å²) in [7, 11) is 26.7. The monoisotopic (exact) mass is 250 g/mol. The van der Waals surface area contributed by atoms with Crippen molar-refractivity contribution in [2.45, 2.75) is 14.5 Å². The Morgan fingerprint density at radius 3 is 1.18 bits per heavy atom. The second-order valence-corrected chi connectivity index (χ2v) is 3.88. The van der Waals surface area contributed by atoms with Crippen LogP contribution in [0.5, 0.6) is 0 Å². The Morgan fingerprint density at radius 1 is 0.818 bits per heavy atom. The van der Waals surface area contributed by atoms with Crippen molar-refractivity contribution in [3.63, 3.8) is 0 Å². The summed E-state index contributed by atoms with van der Waals surface area (Å²) < 4.78 is 8.13. The van der Waals surface area contributed by atoms with Gasteiger partial charge in [-0.3, -0.25) is 0 Å². The maximum Gasteiger partial charge on any atom is 0.170 e. The van der Waals surface area contributed by atoms with E-state index in [4.69, 9.17) is 48.7 Å². The standard InChI is InChI=1S/C3B5IO2/c4-1(5)2(6,7)11-3(8,9)10-1. The highest BCUT2D eigenvalue weighted by molar-refractivity contribution is 14.1. The van der Waals surface area contributed by atoms with E-state index in [2.05, 4.69) is 0 Å². The first-order chi connectivity index (χ1) is 4.66. The van der Waals surface area contributed by atoms with Crippen molar-refractivity contribution >= 4 is 61.8 Å². The molecule has 10 radical (unpaired) electrons. The molecule has 0 aromatic rings. The van der Waals surface area contributed by atoms with Gasteiger partial charge in [0.2, 0.25) is 0 Å². The van der Waals surface area contributed by atoms with Crippen molar-refractivity contribution < 1.29 is 9.47 Å². The van der Waals surface area contributed by atoms with Gasteiger partial charge in [0.05, 0.1) is 0 Å². The van der Waals surface area contributed by atoms with Gasteiger partial charge in [-0.05, 0) is 22.6 Å². The number of ether oxygens (including phenoxy) is 2. The minimum atomic E-state index is -1.77. The molecule has 1 rings (SSSR count). The molecule has 1 fully saturated rings. The van der Waals surface area contributed by atoms with Gasteiger partial charge in [-0.25, -0.2) is 0 Å². The zero-order valence-electron chi connectivity index (χ0n) is 5.58. The van der Waals surface area contributed by atoms with Crippen LogP contribution in [0.2, 0.25) is 0 Å². The lowest BCUT2D eigenvalue weighted by molar-refractivity contribution is -0.00960. The molecule has 0 bridgehead atoms. The summed E-state index contributed by atoms with van der Waals surface area (Å²) >= 11 is 1.63. The Kier molecular flexibility index (Phi) is 2.27. The fourth-order valence-electron chi connectivity index (χ4n) is 0.641. The predicted molar refractivity (Wildman–Crippen MR) is 53.2 cm³/mol. The van der Waals surface area contributed by atoms with Crippen LogP contribution in [0.4, 0.5) is 0 Å². The van der Waals surface area contributed by atoms with Gasteiger partial charge < -0.3 is 9.47 Å². The normalized spacial score (nSPS) is 31.7. The molecule has 0 amide bonds. The van der Waals surface area contributed by atoms with Crippen LogP contribution < -0.4 is 0 Å². The SMILES string of the molecule is [B]C1(I)OC([B])([B])C([B])([B])O1. The number of halogens is 1. The summed E-state index contributed by atoms with van der Waals surface area (Å²) in [6, 6.07) is 0. The van der Waals surface area contributed by atoms with E-state index in [0.29, 0.717) is 0 Å². The van der Waals surface area contributed by atoms with Gasteiger partial charge in [0, 0.05) is 10.8 Å². The second-order valence-electron chi connectivity index (χ2n) is 2.37.